The van der Waals surface area contributed by atoms with Gasteiger partial charge in [-0.1, -0.05) is 33.7 Å². The smallest absolute Gasteiger partial charge is 0.333 e. The number of anilines is 2. The minimum atomic E-state index is -1.75. The lowest BCUT2D eigenvalue weighted by Crippen LogP contribution is -2.48. The Bertz CT molecular complexity index is 2820. The fraction of sp³-hybridized carbons (Fsp3) is 0.415. The SMILES string of the molecule is [2H]C1([2H])[C@H](C(=O)Nc2ccc(CNC(=O)c3ccc(N4CCN(C(=O)CCSSC(C)(C)CC(=O)N/N=C5\CCCc6cc(OCCCC(=O)ON7C(=O)CCC7=O)ccc65)CC4)cc3)c(F)c2)[C@H]1c1cccnc1. The Balaban J connectivity index is 0.692. The second kappa shape index (κ2) is 24.3. The summed E-state index contributed by atoms with van der Waals surface area (Å²) in [5.74, 6) is -3.76. The number of ether oxygens (including phenoxy) is 1. The van der Waals surface area contributed by atoms with Gasteiger partial charge in [-0.3, -0.25) is 33.8 Å². The third-order valence-corrected chi connectivity index (χ3v) is 15.9. The number of nitrogens with zero attached hydrogens (tertiary/aromatic N) is 5. The quantitative estimate of drug-likeness (QED) is 0.0330. The van der Waals surface area contributed by atoms with Crippen molar-refractivity contribution in [3.05, 3.63) is 119 Å². The van der Waals surface area contributed by atoms with Gasteiger partial charge in [0.15, 0.2) is 0 Å². The summed E-state index contributed by atoms with van der Waals surface area (Å²) in [6.07, 6.45) is 4.74. The Kier molecular flexibility index (Phi) is 16.6. The second-order valence-electron chi connectivity index (χ2n) is 18.7. The number of aryl methyl sites for hydroxylation is 1. The third kappa shape index (κ3) is 14.5. The van der Waals surface area contributed by atoms with E-state index in [2.05, 4.69) is 31.0 Å². The molecule has 4 aliphatic rings. The summed E-state index contributed by atoms with van der Waals surface area (Å²) >= 11 is 0. The predicted molar refractivity (Wildman–Crippen MR) is 276 cm³/mol. The van der Waals surface area contributed by atoms with Crippen molar-refractivity contribution in [2.45, 2.75) is 95.2 Å². The number of aromatic nitrogens is 1. The Hall–Kier alpha value is -6.80. The van der Waals surface area contributed by atoms with Crippen LogP contribution in [0.5, 0.6) is 5.75 Å². The van der Waals surface area contributed by atoms with Crippen molar-refractivity contribution in [3.8, 4) is 5.75 Å². The molecule has 17 nitrogen and oxygen atoms in total. The minimum absolute atomic E-state index is 0.0129. The standard InChI is InChI=1S/C53H59FN8O9S2/c1-53(2,31-46(63)59-58-45-8-3-6-35-28-40(16-17-41(35)45)70-26-5-9-50(67)71-62-48(65)18-19-49(62)66)73-72-27-20-47(64)61-24-22-60(23-25-61)39-14-11-34(12-15-39)51(68)56-33-37-10-13-38(29-44(37)54)57-52(69)43-30-42(43)36-7-4-21-55-32-36/h4,7,10-17,21,28-29,32,42-43H,3,5-6,8-9,18-20,22-27,30-31,33H2,1-2H3,(H,56,68)(H,57,69)(H,59,63)/b58-45+/t42-,43+/m1/s1/i30D2. The summed E-state index contributed by atoms with van der Waals surface area (Å²) < 4.78 is 37.0. The molecule has 3 heterocycles. The first-order chi connectivity index (χ1) is 36.0. The van der Waals surface area contributed by atoms with Gasteiger partial charge in [-0.05, 0) is 124 Å². The summed E-state index contributed by atoms with van der Waals surface area (Å²) in [5.41, 5.74) is 7.85. The summed E-state index contributed by atoms with van der Waals surface area (Å²) in [6, 6.07) is 20.3. The van der Waals surface area contributed by atoms with Gasteiger partial charge in [-0.2, -0.15) is 5.10 Å². The highest BCUT2D eigenvalue weighted by atomic mass is 33.1. The van der Waals surface area contributed by atoms with E-state index in [1.54, 1.807) is 52.1 Å². The zero-order valence-corrected chi connectivity index (χ0v) is 42.3. The molecule has 2 aliphatic carbocycles. The number of halogens is 1. The monoisotopic (exact) mass is 1040 g/mol. The first-order valence-electron chi connectivity index (χ1n) is 25.3. The van der Waals surface area contributed by atoms with Crippen molar-refractivity contribution in [1.82, 2.24) is 25.7 Å². The molecule has 73 heavy (non-hydrogen) atoms. The number of hydrogen-bond donors (Lipinski definition) is 3. The molecule has 0 unspecified atom stereocenters. The van der Waals surface area contributed by atoms with Gasteiger partial charge in [-0.15, -0.1) is 5.06 Å². The van der Waals surface area contributed by atoms with E-state index in [-0.39, 0.29) is 67.8 Å². The molecule has 4 aromatic rings. The first kappa shape index (κ1) is 49.8. The predicted octanol–water partition coefficient (Wildman–Crippen LogP) is 7.10. The first-order valence-corrected chi connectivity index (χ1v) is 26.7. The average Bonchev–Trinajstić information content (AvgIpc) is 3.90. The van der Waals surface area contributed by atoms with E-state index < -0.39 is 52.5 Å². The highest BCUT2D eigenvalue weighted by molar-refractivity contribution is 8.77. The molecule has 384 valence electrons. The van der Waals surface area contributed by atoms with Crippen LogP contribution in [-0.4, -0.2) is 105 Å². The van der Waals surface area contributed by atoms with Gasteiger partial charge in [0.2, 0.25) is 17.7 Å². The number of pyridine rings is 1. The van der Waals surface area contributed by atoms with Crippen molar-refractivity contribution < 1.29 is 50.3 Å². The van der Waals surface area contributed by atoms with E-state index in [1.807, 2.05) is 49.1 Å². The maximum atomic E-state index is 15.1. The minimum Gasteiger partial charge on any atom is -0.494 e. The number of carbonyl (C=O) groups excluding carboxylic acids is 7. The number of rotatable bonds is 21. The van der Waals surface area contributed by atoms with E-state index in [9.17, 15) is 33.6 Å². The van der Waals surface area contributed by atoms with E-state index >= 15 is 4.39 Å². The van der Waals surface area contributed by atoms with Crippen LogP contribution in [0, 0.1) is 11.7 Å². The number of fused-ring (bicyclic) bond motifs is 1. The third-order valence-electron chi connectivity index (χ3n) is 12.6. The number of nitrogens with one attached hydrogen (secondary N) is 3. The van der Waals surface area contributed by atoms with Crippen LogP contribution in [0.2, 0.25) is 0 Å². The fourth-order valence-electron chi connectivity index (χ4n) is 8.65. The van der Waals surface area contributed by atoms with E-state index in [0.717, 1.165) is 41.4 Å². The molecule has 1 saturated carbocycles. The van der Waals surface area contributed by atoms with Gasteiger partial charge in [0.1, 0.15) is 11.6 Å². The number of imide groups is 1. The van der Waals surface area contributed by atoms with Crippen molar-refractivity contribution in [3.63, 3.8) is 0 Å². The lowest BCUT2D eigenvalue weighted by atomic mass is 9.90. The lowest BCUT2D eigenvalue weighted by Gasteiger charge is -2.36. The maximum absolute atomic E-state index is 15.1. The zero-order valence-electron chi connectivity index (χ0n) is 42.7. The summed E-state index contributed by atoms with van der Waals surface area (Å²) in [5, 5.41) is 10.4. The number of piperazine rings is 1. The normalized spacial score (nSPS) is 19.1. The van der Waals surface area contributed by atoms with Crippen LogP contribution in [0.4, 0.5) is 15.8 Å². The maximum Gasteiger partial charge on any atom is 0.333 e. The molecule has 2 saturated heterocycles. The Labute approximate surface area is 433 Å². The molecule has 2 aliphatic heterocycles. The number of amides is 6. The molecule has 2 atom stereocenters. The van der Waals surface area contributed by atoms with Crippen molar-refractivity contribution >= 4 is 80.1 Å². The highest BCUT2D eigenvalue weighted by Gasteiger charge is 2.44. The Morgan fingerprint density at radius 1 is 0.932 bits per heavy atom. The van der Waals surface area contributed by atoms with Crippen LogP contribution >= 0.6 is 21.6 Å². The van der Waals surface area contributed by atoms with E-state index in [4.69, 9.17) is 12.3 Å². The molecule has 20 heteroatoms. The van der Waals surface area contributed by atoms with E-state index in [0.29, 0.717) is 73.1 Å². The fourth-order valence-corrected chi connectivity index (χ4v) is 11.1. The molecule has 0 spiro atoms. The van der Waals surface area contributed by atoms with Gasteiger partial charge in [0, 0.05) is 118 Å². The summed E-state index contributed by atoms with van der Waals surface area (Å²) in [7, 11) is 3.12. The molecule has 0 radical (unpaired) electrons. The lowest BCUT2D eigenvalue weighted by molar-refractivity contribution is -0.197. The van der Waals surface area contributed by atoms with Crippen LogP contribution in [0.25, 0.3) is 0 Å². The van der Waals surface area contributed by atoms with Crippen LogP contribution in [0.1, 0.15) is 113 Å². The number of hydrogen-bond acceptors (Lipinski definition) is 14. The molecule has 0 bridgehead atoms. The van der Waals surface area contributed by atoms with Crippen LogP contribution in [-0.2, 0) is 46.6 Å². The summed E-state index contributed by atoms with van der Waals surface area (Å²) in [6.45, 7) is 6.48. The number of carbonyl (C=O) groups is 7. The number of hydroxylamine groups is 2. The molecule has 3 N–H and O–H groups in total. The van der Waals surface area contributed by atoms with Crippen molar-refractivity contribution in [2.75, 3.05) is 48.8 Å². The van der Waals surface area contributed by atoms with Gasteiger partial charge >= 0.3 is 5.97 Å². The largest absolute Gasteiger partial charge is 0.494 e. The number of hydrazone groups is 1. The van der Waals surface area contributed by atoms with Crippen molar-refractivity contribution in [2.24, 2.45) is 11.0 Å². The van der Waals surface area contributed by atoms with Crippen LogP contribution < -0.4 is 25.7 Å². The zero-order chi connectivity index (χ0) is 53.3. The molecule has 3 fully saturated rings. The molecular formula is C53H59FN8O9S2. The molecule has 6 amide bonds. The second-order valence-corrected chi connectivity index (χ2v) is 21.8. The number of benzene rings is 3. The van der Waals surface area contributed by atoms with Crippen molar-refractivity contribution in [1.29, 1.82) is 0 Å². The Morgan fingerprint density at radius 3 is 2.45 bits per heavy atom. The highest BCUT2D eigenvalue weighted by Crippen LogP contribution is 2.47. The molecular weight excluding hydrogens is 976 g/mol. The molecule has 3 aromatic carbocycles. The van der Waals surface area contributed by atoms with Crippen LogP contribution in [0.3, 0.4) is 0 Å². The van der Waals surface area contributed by atoms with Gasteiger partial charge in [-0.25, -0.2) is 14.6 Å². The molecule has 8 rings (SSSR count). The van der Waals surface area contributed by atoms with Gasteiger partial charge < -0.3 is 30.0 Å². The van der Waals surface area contributed by atoms with Crippen LogP contribution in [0.15, 0.2) is 90.3 Å². The van der Waals surface area contributed by atoms with Gasteiger partial charge in [0.05, 0.1) is 18.7 Å². The van der Waals surface area contributed by atoms with Gasteiger partial charge in [0.25, 0.3) is 17.7 Å². The Morgan fingerprint density at radius 2 is 1.71 bits per heavy atom. The molecule has 1 aromatic heterocycles. The van der Waals surface area contributed by atoms with E-state index in [1.165, 1.54) is 18.3 Å². The topological polar surface area (TPSA) is 209 Å². The summed E-state index contributed by atoms with van der Waals surface area (Å²) in [4.78, 5) is 100. The average molecular weight is 1040 g/mol.